The molecule has 1 unspecified atom stereocenters. The maximum Gasteiger partial charge on any atom is 0.140 e. The Balaban J connectivity index is 2.20. The predicted molar refractivity (Wildman–Crippen MR) is 74.2 cm³/mol. The van der Waals surface area contributed by atoms with E-state index in [0.29, 0.717) is 0 Å². The van der Waals surface area contributed by atoms with E-state index in [1.165, 1.54) is 11.1 Å². The van der Waals surface area contributed by atoms with Gasteiger partial charge in [-0.3, -0.25) is 0 Å². The normalized spacial score (nSPS) is 11.5. The molecule has 0 fully saturated rings. The predicted octanol–water partition coefficient (Wildman–Crippen LogP) is 3.39. The minimum atomic E-state index is -0.732. The van der Waals surface area contributed by atoms with Crippen molar-refractivity contribution in [3.8, 4) is 11.8 Å². The van der Waals surface area contributed by atoms with Crippen molar-refractivity contribution in [3.63, 3.8) is 0 Å². The standard InChI is InChI=1S/C17H16O/c1-13-8-10-16(12-14(13)2)17(18)11-9-15-6-4-3-5-7-15/h3-8,10,12,17-18H,1-2H3. The summed E-state index contributed by atoms with van der Waals surface area (Å²) in [5.41, 5.74) is 4.16. The van der Waals surface area contributed by atoms with Crippen molar-refractivity contribution in [1.29, 1.82) is 0 Å². The number of aryl methyl sites for hydroxylation is 2. The third kappa shape index (κ3) is 3.00. The lowest BCUT2D eigenvalue weighted by Gasteiger charge is -2.06. The first-order valence-corrected chi connectivity index (χ1v) is 5.98. The van der Waals surface area contributed by atoms with Gasteiger partial charge in [-0.15, -0.1) is 0 Å². The molecule has 0 radical (unpaired) electrons. The van der Waals surface area contributed by atoms with Gasteiger partial charge in [-0.2, -0.15) is 0 Å². The topological polar surface area (TPSA) is 20.2 Å². The molecule has 1 nitrogen and oxygen atoms in total. The maximum absolute atomic E-state index is 10.0. The molecule has 1 heteroatoms. The fraction of sp³-hybridized carbons (Fsp3) is 0.176. The summed E-state index contributed by atoms with van der Waals surface area (Å²) in [6.07, 6.45) is -0.732. The fourth-order valence-corrected chi connectivity index (χ4v) is 1.69. The Morgan fingerprint density at radius 2 is 1.67 bits per heavy atom. The average Bonchev–Trinajstić information content (AvgIpc) is 2.40. The van der Waals surface area contributed by atoms with Crippen molar-refractivity contribution in [2.24, 2.45) is 0 Å². The molecule has 2 aromatic rings. The van der Waals surface area contributed by atoms with E-state index in [2.05, 4.69) is 18.8 Å². The lowest BCUT2D eigenvalue weighted by molar-refractivity contribution is 0.238. The van der Waals surface area contributed by atoms with Gasteiger partial charge in [0.05, 0.1) is 0 Å². The van der Waals surface area contributed by atoms with Crippen LogP contribution in [-0.2, 0) is 0 Å². The van der Waals surface area contributed by atoms with Gasteiger partial charge in [0, 0.05) is 5.56 Å². The van der Waals surface area contributed by atoms with Crippen molar-refractivity contribution in [1.82, 2.24) is 0 Å². The Bertz CT molecular complexity index is 588. The highest BCUT2D eigenvalue weighted by molar-refractivity contribution is 5.38. The first kappa shape index (κ1) is 12.4. The quantitative estimate of drug-likeness (QED) is 0.752. The highest BCUT2D eigenvalue weighted by Gasteiger charge is 2.04. The van der Waals surface area contributed by atoms with Crippen LogP contribution in [0.15, 0.2) is 48.5 Å². The third-order valence-electron chi connectivity index (χ3n) is 2.97. The van der Waals surface area contributed by atoms with E-state index in [0.717, 1.165) is 11.1 Å². The first-order valence-electron chi connectivity index (χ1n) is 5.98. The molecular weight excluding hydrogens is 220 g/mol. The average molecular weight is 236 g/mol. The summed E-state index contributed by atoms with van der Waals surface area (Å²) in [6.45, 7) is 4.09. The molecule has 0 aliphatic heterocycles. The van der Waals surface area contributed by atoms with Gasteiger partial charge in [-0.05, 0) is 42.7 Å². The van der Waals surface area contributed by atoms with Crippen LogP contribution in [0.5, 0.6) is 0 Å². The van der Waals surface area contributed by atoms with Crippen LogP contribution in [0.2, 0.25) is 0 Å². The van der Waals surface area contributed by atoms with E-state index in [4.69, 9.17) is 0 Å². The lowest BCUT2D eigenvalue weighted by atomic mass is 10.0. The van der Waals surface area contributed by atoms with E-state index < -0.39 is 6.10 Å². The zero-order chi connectivity index (χ0) is 13.0. The van der Waals surface area contributed by atoms with E-state index in [1.807, 2.05) is 55.5 Å². The van der Waals surface area contributed by atoms with Crippen LogP contribution < -0.4 is 0 Å². The molecule has 0 spiro atoms. The summed E-state index contributed by atoms with van der Waals surface area (Å²) in [5, 5.41) is 10.0. The molecule has 2 aromatic carbocycles. The maximum atomic E-state index is 10.0. The Kier molecular flexibility index (Phi) is 3.82. The number of hydrogen-bond acceptors (Lipinski definition) is 1. The van der Waals surface area contributed by atoms with E-state index in [-0.39, 0.29) is 0 Å². The van der Waals surface area contributed by atoms with Crippen molar-refractivity contribution in [3.05, 3.63) is 70.8 Å². The van der Waals surface area contributed by atoms with Gasteiger partial charge in [0.15, 0.2) is 0 Å². The van der Waals surface area contributed by atoms with Crippen LogP contribution in [0.25, 0.3) is 0 Å². The van der Waals surface area contributed by atoms with E-state index in [9.17, 15) is 5.11 Å². The van der Waals surface area contributed by atoms with Gasteiger partial charge < -0.3 is 5.11 Å². The molecule has 0 heterocycles. The van der Waals surface area contributed by atoms with Crippen LogP contribution >= 0.6 is 0 Å². The second-order valence-electron chi connectivity index (χ2n) is 4.38. The minimum absolute atomic E-state index is 0.732. The summed E-state index contributed by atoms with van der Waals surface area (Å²) in [5.74, 6) is 5.84. The van der Waals surface area contributed by atoms with E-state index in [1.54, 1.807) is 0 Å². The smallest absolute Gasteiger partial charge is 0.140 e. The first-order chi connectivity index (χ1) is 8.66. The van der Waals surface area contributed by atoms with Crippen LogP contribution in [0.3, 0.4) is 0 Å². The number of aliphatic hydroxyl groups is 1. The van der Waals surface area contributed by atoms with Crippen LogP contribution in [0.4, 0.5) is 0 Å². The zero-order valence-corrected chi connectivity index (χ0v) is 10.6. The Labute approximate surface area is 108 Å². The van der Waals surface area contributed by atoms with Gasteiger partial charge in [0.1, 0.15) is 6.10 Å². The van der Waals surface area contributed by atoms with Gasteiger partial charge in [-0.25, -0.2) is 0 Å². The molecule has 0 saturated heterocycles. The molecule has 0 saturated carbocycles. The van der Waals surface area contributed by atoms with Crippen LogP contribution in [0, 0.1) is 25.7 Å². The molecule has 2 rings (SSSR count). The molecule has 0 aliphatic carbocycles. The Hall–Kier alpha value is -2.04. The molecule has 0 bridgehead atoms. The summed E-state index contributed by atoms with van der Waals surface area (Å²) < 4.78 is 0. The van der Waals surface area contributed by atoms with Gasteiger partial charge in [-0.1, -0.05) is 48.2 Å². The van der Waals surface area contributed by atoms with Crippen molar-refractivity contribution < 1.29 is 5.11 Å². The lowest BCUT2D eigenvalue weighted by Crippen LogP contribution is -1.95. The number of aliphatic hydroxyl groups excluding tert-OH is 1. The van der Waals surface area contributed by atoms with Crippen molar-refractivity contribution in [2.75, 3.05) is 0 Å². The minimum Gasteiger partial charge on any atom is -0.376 e. The SMILES string of the molecule is Cc1ccc(C(O)C#Cc2ccccc2)cc1C. The number of benzene rings is 2. The van der Waals surface area contributed by atoms with Crippen molar-refractivity contribution in [2.45, 2.75) is 20.0 Å². The summed E-state index contributed by atoms with van der Waals surface area (Å²) in [7, 11) is 0. The van der Waals surface area contributed by atoms with Crippen LogP contribution in [0.1, 0.15) is 28.4 Å². The highest BCUT2D eigenvalue weighted by Crippen LogP contribution is 2.16. The molecule has 0 aromatic heterocycles. The second-order valence-corrected chi connectivity index (χ2v) is 4.38. The molecular formula is C17H16O. The van der Waals surface area contributed by atoms with Gasteiger partial charge in [0.2, 0.25) is 0 Å². The van der Waals surface area contributed by atoms with Gasteiger partial charge >= 0.3 is 0 Å². The molecule has 18 heavy (non-hydrogen) atoms. The Morgan fingerprint density at radius 1 is 0.944 bits per heavy atom. The highest BCUT2D eigenvalue weighted by atomic mass is 16.3. The Morgan fingerprint density at radius 3 is 2.33 bits per heavy atom. The fourth-order valence-electron chi connectivity index (χ4n) is 1.69. The molecule has 90 valence electrons. The number of hydrogen-bond donors (Lipinski definition) is 1. The summed E-state index contributed by atoms with van der Waals surface area (Å²) in [4.78, 5) is 0. The summed E-state index contributed by atoms with van der Waals surface area (Å²) in [6, 6.07) is 15.6. The summed E-state index contributed by atoms with van der Waals surface area (Å²) >= 11 is 0. The zero-order valence-electron chi connectivity index (χ0n) is 10.6. The molecule has 0 aliphatic rings. The molecule has 0 amide bonds. The third-order valence-corrected chi connectivity index (χ3v) is 2.97. The largest absolute Gasteiger partial charge is 0.376 e. The van der Waals surface area contributed by atoms with Crippen LogP contribution in [-0.4, -0.2) is 5.11 Å². The van der Waals surface area contributed by atoms with Crippen molar-refractivity contribution >= 4 is 0 Å². The molecule has 1 N–H and O–H groups in total. The van der Waals surface area contributed by atoms with E-state index >= 15 is 0 Å². The second kappa shape index (κ2) is 5.53. The van der Waals surface area contributed by atoms with Gasteiger partial charge in [0.25, 0.3) is 0 Å². The molecule has 1 atom stereocenters. The number of rotatable bonds is 1. The monoisotopic (exact) mass is 236 g/mol.